The SMILES string of the molecule is O=C(CC(CF)N1C(=O)c2ccccc2C1=O)OCCS(=O)(=O)O. The molecule has 1 N–H and O–H groups in total. The topological polar surface area (TPSA) is 118 Å². The maximum atomic E-state index is 13.3. The zero-order valence-electron chi connectivity index (χ0n) is 12.3. The van der Waals surface area contributed by atoms with Crippen molar-refractivity contribution in [1.29, 1.82) is 0 Å². The molecular weight excluding hydrogens is 345 g/mol. The number of hydrogen-bond donors (Lipinski definition) is 1. The van der Waals surface area contributed by atoms with Gasteiger partial charge >= 0.3 is 5.97 Å². The smallest absolute Gasteiger partial charge is 0.308 e. The molecule has 1 aliphatic heterocycles. The Hall–Kier alpha value is -2.33. The molecule has 0 saturated carbocycles. The molecule has 130 valence electrons. The Kier molecular flexibility index (Phi) is 5.30. The van der Waals surface area contributed by atoms with Gasteiger partial charge in [0.05, 0.1) is 23.6 Å². The highest BCUT2D eigenvalue weighted by molar-refractivity contribution is 7.85. The summed E-state index contributed by atoms with van der Waals surface area (Å²) in [6.07, 6.45) is -0.618. The van der Waals surface area contributed by atoms with E-state index >= 15 is 0 Å². The van der Waals surface area contributed by atoms with Gasteiger partial charge in [-0.3, -0.25) is 23.8 Å². The second kappa shape index (κ2) is 7.05. The number of alkyl halides is 1. The number of carbonyl (C=O) groups is 3. The fourth-order valence-electron chi connectivity index (χ4n) is 2.27. The minimum absolute atomic E-state index is 0.126. The molecule has 0 aromatic heterocycles. The van der Waals surface area contributed by atoms with Crippen molar-refractivity contribution >= 4 is 27.9 Å². The largest absolute Gasteiger partial charge is 0.464 e. The normalized spacial score (nSPS) is 15.3. The van der Waals surface area contributed by atoms with Crippen molar-refractivity contribution in [3.63, 3.8) is 0 Å². The van der Waals surface area contributed by atoms with Crippen LogP contribution < -0.4 is 0 Å². The van der Waals surface area contributed by atoms with Crippen molar-refractivity contribution < 1.29 is 36.5 Å². The van der Waals surface area contributed by atoms with Crippen molar-refractivity contribution in [3.05, 3.63) is 35.4 Å². The van der Waals surface area contributed by atoms with E-state index in [2.05, 4.69) is 4.74 Å². The monoisotopic (exact) mass is 359 g/mol. The van der Waals surface area contributed by atoms with Gasteiger partial charge in [0.1, 0.15) is 19.0 Å². The summed E-state index contributed by atoms with van der Waals surface area (Å²) in [5.41, 5.74) is 0.251. The Labute approximate surface area is 136 Å². The van der Waals surface area contributed by atoms with E-state index in [1.165, 1.54) is 12.1 Å². The molecule has 1 aliphatic rings. The number of nitrogens with zero attached hydrogens (tertiary/aromatic N) is 1. The third-order valence-corrected chi connectivity index (χ3v) is 4.06. The first kappa shape index (κ1) is 18.0. The molecule has 1 heterocycles. The van der Waals surface area contributed by atoms with Crippen LogP contribution in [0.15, 0.2) is 24.3 Å². The van der Waals surface area contributed by atoms with E-state index in [4.69, 9.17) is 4.55 Å². The summed E-state index contributed by atoms with van der Waals surface area (Å²) < 4.78 is 47.4. The van der Waals surface area contributed by atoms with Gasteiger partial charge in [-0.25, -0.2) is 4.39 Å². The van der Waals surface area contributed by atoms with Gasteiger partial charge in [0.2, 0.25) is 0 Å². The first-order valence-corrected chi connectivity index (χ1v) is 8.49. The minimum Gasteiger partial charge on any atom is -0.464 e. The third kappa shape index (κ3) is 3.95. The molecule has 0 spiro atoms. The van der Waals surface area contributed by atoms with E-state index in [1.54, 1.807) is 12.1 Å². The summed E-state index contributed by atoms with van der Waals surface area (Å²) in [4.78, 5) is 36.7. The molecule has 0 radical (unpaired) electrons. The van der Waals surface area contributed by atoms with Gasteiger partial charge in [0, 0.05) is 0 Å². The zero-order chi connectivity index (χ0) is 17.9. The number of fused-ring (bicyclic) bond motifs is 1. The molecule has 10 heteroatoms. The molecule has 0 aliphatic carbocycles. The quantitative estimate of drug-likeness (QED) is 0.426. The number of amides is 2. The highest BCUT2D eigenvalue weighted by Gasteiger charge is 2.40. The van der Waals surface area contributed by atoms with Crippen molar-refractivity contribution in [2.75, 3.05) is 19.0 Å². The van der Waals surface area contributed by atoms with Gasteiger partial charge < -0.3 is 4.74 Å². The molecule has 0 fully saturated rings. The predicted octanol–water partition coefficient (Wildman–Crippen LogP) is 0.442. The standard InChI is InChI=1S/C14H14FNO7S/c15-8-9(7-12(17)23-5-6-24(20,21)22)16-13(18)10-3-1-2-4-11(10)14(16)19/h1-4,9H,5-8H2,(H,20,21,22). The fraction of sp³-hybridized carbons (Fsp3) is 0.357. The summed E-state index contributed by atoms with van der Waals surface area (Å²) in [7, 11) is -4.29. The van der Waals surface area contributed by atoms with Crippen LogP contribution >= 0.6 is 0 Å². The predicted molar refractivity (Wildman–Crippen MR) is 78.7 cm³/mol. The van der Waals surface area contributed by atoms with Crippen LogP contribution in [0.5, 0.6) is 0 Å². The molecule has 8 nitrogen and oxygen atoms in total. The van der Waals surface area contributed by atoms with Gasteiger partial charge in [0.25, 0.3) is 21.9 Å². The van der Waals surface area contributed by atoms with Crippen LogP contribution in [0.1, 0.15) is 27.1 Å². The molecule has 2 amide bonds. The lowest BCUT2D eigenvalue weighted by atomic mass is 10.1. The van der Waals surface area contributed by atoms with Crippen LogP contribution in [0.4, 0.5) is 4.39 Å². The van der Waals surface area contributed by atoms with Crippen LogP contribution in [0.3, 0.4) is 0 Å². The van der Waals surface area contributed by atoms with Crippen molar-refractivity contribution in [2.24, 2.45) is 0 Å². The lowest BCUT2D eigenvalue weighted by molar-refractivity contribution is -0.144. The highest BCUT2D eigenvalue weighted by atomic mass is 32.2. The number of carbonyl (C=O) groups excluding carboxylic acids is 3. The fourth-order valence-corrected chi connectivity index (χ4v) is 2.56. The van der Waals surface area contributed by atoms with Gasteiger partial charge in [-0.15, -0.1) is 0 Å². The first-order valence-electron chi connectivity index (χ1n) is 6.88. The van der Waals surface area contributed by atoms with E-state index in [-0.39, 0.29) is 11.1 Å². The minimum atomic E-state index is -4.29. The van der Waals surface area contributed by atoms with Gasteiger partial charge in [-0.1, -0.05) is 12.1 Å². The van der Waals surface area contributed by atoms with Crippen molar-refractivity contribution in [3.8, 4) is 0 Å². The van der Waals surface area contributed by atoms with Gasteiger partial charge in [-0.2, -0.15) is 8.42 Å². The summed E-state index contributed by atoms with van der Waals surface area (Å²) >= 11 is 0. The molecule has 1 aromatic rings. The van der Waals surface area contributed by atoms with Crippen molar-refractivity contribution in [1.82, 2.24) is 4.90 Å². The summed E-state index contributed by atoms with van der Waals surface area (Å²) in [5, 5.41) is 0. The molecule has 0 saturated heterocycles. The lowest BCUT2D eigenvalue weighted by Gasteiger charge is -2.22. The average molecular weight is 359 g/mol. The molecule has 1 aromatic carbocycles. The van der Waals surface area contributed by atoms with E-state index in [0.29, 0.717) is 4.90 Å². The van der Waals surface area contributed by atoms with Crippen molar-refractivity contribution in [2.45, 2.75) is 12.5 Å². The number of hydrogen-bond acceptors (Lipinski definition) is 6. The maximum absolute atomic E-state index is 13.3. The van der Waals surface area contributed by atoms with E-state index in [9.17, 15) is 27.2 Å². The number of rotatable bonds is 7. The van der Waals surface area contributed by atoms with Crippen LogP contribution in [-0.4, -0.2) is 60.7 Å². The molecule has 2 rings (SSSR count). The molecule has 1 atom stereocenters. The molecule has 0 bridgehead atoms. The second-order valence-corrected chi connectivity index (χ2v) is 6.62. The maximum Gasteiger partial charge on any atom is 0.308 e. The van der Waals surface area contributed by atoms with Crippen LogP contribution in [0, 0.1) is 0 Å². The average Bonchev–Trinajstić information content (AvgIpc) is 2.76. The lowest BCUT2D eigenvalue weighted by Crippen LogP contribution is -2.42. The zero-order valence-corrected chi connectivity index (χ0v) is 13.2. The Bertz CT molecular complexity index is 742. The second-order valence-electron chi connectivity index (χ2n) is 5.04. The first-order chi connectivity index (χ1) is 11.2. The van der Waals surface area contributed by atoms with E-state index < -0.39 is 59.4 Å². The number of ether oxygens (including phenoxy) is 1. The molecular formula is C14H14FNO7S. The third-order valence-electron chi connectivity index (χ3n) is 3.38. The summed E-state index contributed by atoms with van der Waals surface area (Å²) in [5.74, 6) is -3.20. The Morgan fingerprint density at radius 3 is 2.21 bits per heavy atom. The number of esters is 1. The Morgan fingerprint density at radius 2 is 1.75 bits per heavy atom. The number of benzene rings is 1. The Balaban J connectivity index is 2.03. The number of halogens is 1. The van der Waals surface area contributed by atoms with E-state index in [1.807, 2.05) is 0 Å². The summed E-state index contributed by atoms with van der Waals surface area (Å²) in [6.45, 7) is -1.77. The van der Waals surface area contributed by atoms with Crippen LogP contribution in [-0.2, 0) is 19.6 Å². The molecule has 24 heavy (non-hydrogen) atoms. The van der Waals surface area contributed by atoms with E-state index in [0.717, 1.165) is 0 Å². The highest BCUT2D eigenvalue weighted by Crippen LogP contribution is 2.25. The molecule has 1 unspecified atom stereocenters. The van der Waals surface area contributed by atoms with Gasteiger partial charge in [0.15, 0.2) is 0 Å². The van der Waals surface area contributed by atoms with Gasteiger partial charge in [-0.05, 0) is 12.1 Å². The van der Waals surface area contributed by atoms with Crippen LogP contribution in [0.25, 0.3) is 0 Å². The van der Waals surface area contributed by atoms with Crippen LogP contribution in [0.2, 0.25) is 0 Å². The summed E-state index contributed by atoms with van der Waals surface area (Å²) in [6, 6.07) is 4.61. The number of imide groups is 1. The Morgan fingerprint density at radius 1 is 1.21 bits per heavy atom.